The minimum absolute atomic E-state index is 0.127. The predicted molar refractivity (Wildman–Crippen MR) is 122 cm³/mol. The monoisotopic (exact) mass is 479 g/mol. The van der Waals surface area contributed by atoms with Gasteiger partial charge in [-0.2, -0.15) is 4.31 Å². The van der Waals surface area contributed by atoms with Gasteiger partial charge in [-0.3, -0.25) is 9.59 Å². The van der Waals surface area contributed by atoms with E-state index in [1.165, 1.54) is 14.0 Å². The number of aryl methyl sites for hydroxylation is 2. The van der Waals surface area contributed by atoms with Crippen LogP contribution in [-0.2, 0) is 29.1 Å². The molecule has 2 fully saturated rings. The van der Waals surface area contributed by atoms with Crippen molar-refractivity contribution < 1.29 is 27.5 Å². The largest absolute Gasteiger partial charge is 0.467 e. The summed E-state index contributed by atoms with van der Waals surface area (Å²) in [4.78, 5) is 38.2. The van der Waals surface area contributed by atoms with Crippen molar-refractivity contribution in [2.45, 2.75) is 57.4 Å². The lowest BCUT2D eigenvalue weighted by molar-refractivity contribution is -0.147. The molecular weight excluding hydrogens is 446 g/mol. The van der Waals surface area contributed by atoms with Gasteiger partial charge in [0.2, 0.25) is 21.8 Å². The lowest BCUT2D eigenvalue weighted by Gasteiger charge is -2.38. The minimum Gasteiger partial charge on any atom is -0.467 e. The van der Waals surface area contributed by atoms with Gasteiger partial charge in [0, 0.05) is 33.1 Å². The Morgan fingerprint density at radius 3 is 2.36 bits per heavy atom. The van der Waals surface area contributed by atoms with Gasteiger partial charge in [-0.1, -0.05) is 12.1 Å². The molecule has 1 spiro atoms. The highest BCUT2D eigenvalue weighted by molar-refractivity contribution is 7.89. The Labute approximate surface area is 195 Å². The Morgan fingerprint density at radius 1 is 1.12 bits per heavy atom. The van der Waals surface area contributed by atoms with Crippen molar-refractivity contribution in [3.8, 4) is 0 Å². The van der Waals surface area contributed by atoms with Crippen molar-refractivity contribution in [3.05, 3.63) is 29.3 Å². The second-order valence-electron chi connectivity index (χ2n) is 9.22. The average Bonchev–Trinajstić information content (AvgIpc) is 3.17. The van der Waals surface area contributed by atoms with Gasteiger partial charge in [0.25, 0.3) is 0 Å². The van der Waals surface area contributed by atoms with Crippen molar-refractivity contribution in [2.24, 2.45) is 5.41 Å². The molecule has 182 valence electrons. The van der Waals surface area contributed by atoms with Crippen molar-refractivity contribution in [1.29, 1.82) is 0 Å². The van der Waals surface area contributed by atoms with Gasteiger partial charge in [0.05, 0.1) is 18.4 Å². The van der Waals surface area contributed by atoms with Gasteiger partial charge in [0.1, 0.15) is 6.04 Å². The Balaban J connectivity index is 1.62. The molecule has 10 heteroatoms. The van der Waals surface area contributed by atoms with E-state index in [1.54, 1.807) is 22.2 Å². The minimum atomic E-state index is -3.57. The maximum atomic E-state index is 13.2. The third-order valence-electron chi connectivity index (χ3n) is 6.78. The maximum Gasteiger partial charge on any atom is 0.328 e. The zero-order chi connectivity index (χ0) is 24.4. The third kappa shape index (κ3) is 5.55. The number of esters is 1. The molecule has 3 rings (SSSR count). The fourth-order valence-corrected chi connectivity index (χ4v) is 6.52. The van der Waals surface area contributed by atoms with Crippen LogP contribution in [-0.4, -0.2) is 74.7 Å². The summed E-state index contributed by atoms with van der Waals surface area (Å²) in [5.41, 5.74) is 1.51. The topological polar surface area (TPSA) is 113 Å². The van der Waals surface area contributed by atoms with Crippen LogP contribution in [0.2, 0.25) is 0 Å². The zero-order valence-corrected chi connectivity index (χ0v) is 20.5. The Kier molecular flexibility index (Phi) is 7.48. The van der Waals surface area contributed by atoms with Crippen LogP contribution in [0.4, 0.5) is 0 Å². The van der Waals surface area contributed by atoms with Gasteiger partial charge in [-0.15, -0.1) is 0 Å². The van der Waals surface area contributed by atoms with Gasteiger partial charge in [-0.05, 0) is 55.7 Å². The second kappa shape index (κ2) is 9.80. The first-order chi connectivity index (χ1) is 15.5. The highest BCUT2D eigenvalue weighted by Gasteiger charge is 2.44. The Bertz CT molecular complexity index is 1030. The number of methoxy groups -OCH3 is 1. The molecule has 0 bridgehead atoms. The maximum absolute atomic E-state index is 13.2. The molecule has 2 heterocycles. The van der Waals surface area contributed by atoms with E-state index >= 15 is 0 Å². The highest BCUT2D eigenvalue weighted by atomic mass is 32.2. The van der Waals surface area contributed by atoms with Gasteiger partial charge >= 0.3 is 5.97 Å². The molecular formula is C23H33N3O6S. The number of amides is 2. The summed E-state index contributed by atoms with van der Waals surface area (Å²) < 4.78 is 32.7. The molecule has 2 amide bonds. The van der Waals surface area contributed by atoms with Crippen molar-refractivity contribution >= 4 is 27.8 Å². The summed E-state index contributed by atoms with van der Waals surface area (Å²) in [7, 11) is -2.36. The normalized spacial score (nSPS) is 19.3. The van der Waals surface area contributed by atoms with E-state index in [-0.39, 0.29) is 17.7 Å². The molecule has 1 aromatic rings. The van der Waals surface area contributed by atoms with Crippen LogP contribution in [0.1, 0.15) is 43.7 Å². The first-order valence-corrected chi connectivity index (χ1v) is 12.6. The standard InChI is InChI=1S/C23H33N3O6S/c1-16-5-6-17(2)20(13-16)33(30,31)26-11-8-23(9-12-26)7-10-25(15-23)21(28)14-19(22(29)32-4)24-18(3)27/h5-6,13,19H,7-12,14-15H2,1-4H3,(H,24,27)/t19-/m0/s1. The number of sulfonamides is 1. The summed E-state index contributed by atoms with van der Waals surface area (Å²) in [5, 5.41) is 2.47. The molecule has 9 nitrogen and oxygen atoms in total. The zero-order valence-electron chi connectivity index (χ0n) is 19.7. The fourth-order valence-electron chi connectivity index (χ4n) is 4.77. The highest BCUT2D eigenvalue weighted by Crippen LogP contribution is 2.41. The summed E-state index contributed by atoms with van der Waals surface area (Å²) >= 11 is 0. The predicted octanol–water partition coefficient (Wildman–Crippen LogP) is 1.37. The quantitative estimate of drug-likeness (QED) is 0.617. The molecule has 33 heavy (non-hydrogen) atoms. The van der Waals surface area contributed by atoms with E-state index in [1.807, 2.05) is 19.1 Å². The number of benzene rings is 1. The number of nitrogens with one attached hydrogen (secondary N) is 1. The Hall–Kier alpha value is -2.46. The number of likely N-dealkylation sites (tertiary alicyclic amines) is 1. The summed E-state index contributed by atoms with van der Waals surface area (Å²) in [6, 6.07) is 4.44. The Morgan fingerprint density at radius 2 is 1.76 bits per heavy atom. The number of piperidine rings is 1. The third-order valence-corrected chi connectivity index (χ3v) is 8.82. The first kappa shape index (κ1) is 25.2. The average molecular weight is 480 g/mol. The number of ether oxygens (including phenoxy) is 1. The van der Waals surface area contributed by atoms with Crippen LogP contribution in [0.3, 0.4) is 0 Å². The van der Waals surface area contributed by atoms with Crippen LogP contribution in [0, 0.1) is 19.3 Å². The van der Waals surface area contributed by atoms with Crippen molar-refractivity contribution in [1.82, 2.24) is 14.5 Å². The number of hydrogen-bond donors (Lipinski definition) is 1. The summed E-state index contributed by atoms with van der Waals surface area (Å²) in [5.74, 6) is -1.28. The molecule has 0 aromatic heterocycles. The number of hydrogen-bond acceptors (Lipinski definition) is 6. The molecule has 1 atom stereocenters. The smallest absolute Gasteiger partial charge is 0.328 e. The molecule has 2 aliphatic rings. The van der Waals surface area contributed by atoms with Crippen LogP contribution < -0.4 is 5.32 Å². The number of rotatable bonds is 6. The van der Waals surface area contributed by atoms with Crippen LogP contribution in [0.5, 0.6) is 0 Å². The van der Waals surface area contributed by atoms with E-state index in [9.17, 15) is 22.8 Å². The lowest BCUT2D eigenvalue weighted by Crippen LogP contribution is -2.46. The van der Waals surface area contributed by atoms with E-state index in [2.05, 4.69) is 5.32 Å². The van der Waals surface area contributed by atoms with Crippen molar-refractivity contribution in [3.63, 3.8) is 0 Å². The molecule has 0 aliphatic carbocycles. The van der Waals surface area contributed by atoms with Crippen LogP contribution in [0.15, 0.2) is 23.1 Å². The van der Waals surface area contributed by atoms with E-state index in [0.717, 1.165) is 17.5 Å². The number of carbonyl (C=O) groups is 3. The van der Waals surface area contributed by atoms with Gasteiger partial charge < -0.3 is 15.0 Å². The van der Waals surface area contributed by atoms with Crippen LogP contribution in [0.25, 0.3) is 0 Å². The number of carbonyl (C=O) groups excluding carboxylic acids is 3. The SMILES string of the molecule is COC(=O)[C@H](CC(=O)N1CCC2(CCN(S(=O)(=O)c3cc(C)ccc3C)CC2)C1)NC(C)=O. The van der Waals surface area contributed by atoms with Crippen LogP contribution >= 0.6 is 0 Å². The fraction of sp³-hybridized carbons (Fsp3) is 0.609. The molecule has 2 saturated heterocycles. The lowest BCUT2D eigenvalue weighted by atomic mass is 9.78. The number of nitrogens with zero attached hydrogens (tertiary/aromatic N) is 2. The summed E-state index contributed by atoms with van der Waals surface area (Å²) in [6.45, 7) is 6.87. The molecule has 0 radical (unpaired) electrons. The molecule has 0 saturated carbocycles. The van der Waals surface area contributed by atoms with Gasteiger partial charge in [-0.25, -0.2) is 13.2 Å². The first-order valence-electron chi connectivity index (χ1n) is 11.2. The van der Waals surface area contributed by atoms with E-state index < -0.39 is 27.9 Å². The molecule has 0 unspecified atom stereocenters. The van der Waals surface area contributed by atoms with E-state index in [0.29, 0.717) is 43.9 Å². The molecule has 2 aliphatic heterocycles. The molecule has 1 aromatic carbocycles. The van der Waals surface area contributed by atoms with Crippen molar-refractivity contribution in [2.75, 3.05) is 33.3 Å². The summed E-state index contributed by atoms with van der Waals surface area (Å²) in [6.07, 6.45) is 1.98. The second-order valence-corrected chi connectivity index (χ2v) is 11.1. The van der Waals surface area contributed by atoms with Gasteiger partial charge in [0.15, 0.2) is 0 Å². The van der Waals surface area contributed by atoms with E-state index in [4.69, 9.17) is 4.74 Å². The molecule has 1 N–H and O–H groups in total.